The molecule has 1 aromatic heterocycles. The van der Waals surface area contributed by atoms with Crippen LogP contribution in [0, 0.1) is 6.92 Å². The molecule has 0 fully saturated rings. The first-order valence-electron chi connectivity index (χ1n) is 8.62. The second-order valence-electron chi connectivity index (χ2n) is 6.09. The summed E-state index contributed by atoms with van der Waals surface area (Å²) in [6.07, 6.45) is 1.79. The van der Waals surface area contributed by atoms with Crippen molar-refractivity contribution >= 4 is 27.5 Å². The Labute approximate surface area is 167 Å². The van der Waals surface area contributed by atoms with E-state index in [4.69, 9.17) is 14.2 Å². The standard InChI is InChI=1S/C21H22N2O4S/c1-6-9-23-15-8-7-13(2)10-18(15)28-21(23)22-20(24)14-11-16(25-3)19(27-5)17(12-14)26-4/h6-8,10-12H,1,9H2,2-5H3. The number of hydrogen-bond donors (Lipinski definition) is 0. The molecule has 0 atom stereocenters. The summed E-state index contributed by atoms with van der Waals surface area (Å²) in [5, 5.41) is 0. The Hall–Kier alpha value is -3.06. The summed E-state index contributed by atoms with van der Waals surface area (Å²) < 4.78 is 19.0. The lowest BCUT2D eigenvalue weighted by Crippen LogP contribution is -2.16. The van der Waals surface area contributed by atoms with Gasteiger partial charge in [0.25, 0.3) is 5.91 Å². The maximum absolute atomic E-state index is 12.9. The molecule has 0 radical (unpaired) electrons. The van der Waals surface area contributed by atoms with E-state index in [1.54, 1.807) is 18.2 Å². The number of amides is 1. The van der Waals surface area contributed by atoms with E-state index in [0.29, 0.717) is 34.2 Å². The van der Waals surface area contributed by atoms with Crippen molar-refractivity contribution in [1.82, 2.24) is 4.57 Å². The molecule has 0 N–H and O–H groups in total. The van der Waals surface area contributed by atoms with Crippen LogP contribution in [0.5, 0.6) is 17.2 Å². The average Bonchev–Trinajstić information content (AvgIpc) is 3.02. The molecule has 0 aliphatic carbocycles. The van der Waals surface area contributed by atoms with Gasteiger partial charge in [0.1, 0.15) is 0 Å². The quantitative estimate of drug-likeness (QED) is 0.590. The zero-order valence-corrected chi connectivity index (χ0v) is 17.1. The first-order chi connectivity index (χ1) is 13.5. The molecule has 6 nitrogen and oxygen atoms in total. The number of methoxy groups -OCH3 is 3. The highest BCUT2D eigenvalue weighted by Crippen LogP contribution is 2.38. The van der Waals surface area contributed by atoms with Crippen molar-refractivity contribution in [3.05, 3.63) is 58.9 Å². The molecule has 146 valence electrons. The third-order valence-electron chi connectivity index (χ3n) is 4.26. The summed E-state index contributed by atoms with van der Waals surface area (Å²) in [5.41, 5.74) is 2.53. The van der Waals surface area contributed by atoms with Crippen LogP contribution in [0.4, 0.5) is 0 Å². The normalized spacial score (nSPS) is 11.5. The van der Waals surface area contributed by atoms with Crippen molar-refractivity contribution in [3.8, 4) is 17.2 Å². The fraction of sp³-hybridized carbons (Fsp3) is 0.238. The van der Waals surface area contributed by atoms with Crippen molar-refractivity contribution in [2.75, 3.05) is 21.3 Å². The second-order valence-corrected chi connectivity index (χ2v) is 7.10. The molecule has 1 amide bonds. The number of fused-ring (bicyclic) bond motifs is 1. The molecule has 0 aliphatic rings. The molecule has 28 heavy (non-hydrogen) atoms. The number of aromatic nitrogens is 1. The highest BCUT2D eigenvalue weighted by atomic mass is 32.1. The minimum Gasteiger partial charge on any atom is -0.493 e. The lowest BCUT2D eigenvalue weighted by molar-refractivity contribution is 0.0997. The molecule has 7 heteroatoms. The number of benzene rings is 2. The Bertz CT molecular complexity index is 1090. The molecule has 0 saturated carbocycles. The van der Waals surface area contributed by atoms with Crippen LogP contribution in [0.3, 0.4) is 0 Å². The third kappa shape index (κ3) is 3.66. The minimum atomic E-state index is -0.389. The second kappa shape index (κ2) is 8.31. The number of ether oxygens (including phenoxy) is 3. The first kappa shape index (κ1) is 19.7. The van der Waals surface area contributed by atoms with E-state index < -0.39 is 0 Å². The number of hydrogen-bond acceptors (Lipinski definition) is 5. The van der Waals surface area contributed by atoms with Crippen molar-refractivity contribution in [3.63, 3.8) is 0 Å². The van der Waals surface area contributed by atoms with Crippen LogP contribution < -0.4 is 19.0 Å². The summed E-state index contributed by atoms with van der Waals surface area (Å²) in [7, 11) is 4.54. The number of thiazole rings is 1. The molecule has 0 unspecified atom stereocenters. The number of rotatable bonds is 6. The Morgan fingerprint density at radius 1 is 1.14 bits per heavy atom. The maximum atomic E-state index is 12.9. The van der Waals surface area contributed by atoms with Gasteiger partial charge in [0, 0.05) is 12.1 Å². The average molecular weight is 398 g/mol. The largest absolute Gasteiger partial charge is 0.493 e. The Kier molecular flexibility index (Phi) is 5.84. The van der Waals surface area contributed by atoms with Gasteiger partial charge in [-0.15, -0.1) is 6.58 Å². The molecule has 0 aliphatic heterocycles. The van der Waals surface area contributed by atoms with E-state index in [0.717, 1.165) is 15.8 Å². The molecular weight excluding hydrogens is 376 g/mol. The van der Waals surface area contributed by atoms with Gasteiger partial charge in [-0.2, -0.15) is 4.99 Å². The van der Waals surface area contributed by atoms with Crippen LogP contribution in [-0.2, 0) is 6.54 Å². The van der Waals surface area contributed by atoms with Crippen LogP contribution in [0.15, 0.2) is 48.0 Å². The molecule has 3 rings (SSSR count). The van der Waals surface area contributed by atoms with Crippen molar-refractivity contribution in [2.45, 2.75) is 13.5 Å². The summed E-state index contributed by atoms with van der Waals surface area (Å²) in [4.78, 5) is 17.9. The van der Waals surface area contributed by atoms with Gasteiger partial charge >= 0.3 is 0 Å². The van der Waals surface area contributed by atoms with E-state index in [1.807, 2.05) is 23.6 Å². The van der Waals surface area contributed by atoms with Crippen LogP contribution in [0.1, 0.15) is 15.9 Å². The van der Waals surface area contributed by atoms with Gasteiger partial charge in [-0.1, -0.05) is 23.5 Å². The topological polar surface area (TPSA) is 62.1 Å². The number of nitrogens with zero attached hydrogens (tertiary/aromatic N) is 2. The van der Waals surface area contributed by atoms with Crippen LogP contribution in [0.2, 0.25) is 0 Å². The van der Waals surface area contributed by atoms with Gasteiger partial charge < -0.3 is 18.8 Å². The van der Waals surface area contributed by atoms with Gasteiger partial charge in [0.15, 0.2) is 16.3 Å². The fourth-order valence-corrected chi connectivity index (χ4v) is 4.06. The zero-order valence-electron chi connectivity index (χ0n) is 16.3. The summed E-state index contributed by atoms with van der Waals surface area (Å²) in [6.45, 7) is 6.41. The van der Waals surface area contributed by atoms with Gasteiger partial charge in [-0.25, -0.2) is 0 Å². The van der Waals surface area contributed by atoms with Gasteiger partial charge in [0.05, 0.1) is 31.5 Å². The molecule has 1 heterocycles. The molecular formula is C21H22N2O4S. The highest BCUT2D eigenvalue weighted by molar-refractivity contribution is 7.16. The lowest BCUT2D eigenvalue weighted by atomic mass is 10.1. The predicted molar refractivity (Wildman–Crippen MR) is 111 cm³/mol. The first-order valence-corrected chi connectivity index (χ1v) is 9.44. The zero-order chi connectivity index (χ0) is 20.3. The van der Waals surface area contributed by atoms with Gasteiger partial charge in [-0.05, 0) is 36.8 Å². The maximum Gasteiger partial charge on any atom is 0.279 e. The van der Waals surface area contributed by atoms with Crippen LogP contribution >= 0.6 is 11.3 Å². The van der Waals surface area contributed by atoms with E-state index in [1.165, 1.54) is 32.7 Å². The monoisotopic (exact) mass is 398 g/mol. The van der Waals surface area contributed by atoms with Gasteiger partial charge in [0.2, 0.25) is 5.75 Å². The molecule has 0 spiro atoms. The summed E-state index contributed by atoms with van der Waals surface area (Å²) >= 11 is 1.47. The summed E-state index contributed by atoms with van der Waals surface area (Å²) in [5.74, 6) is 0.860. The molecule has 2 aromatic carbocycles. The molecule has 0 bridgehead atoms. The smallest absolute Gasteiger partial charge is 0.279 e. The Morgan fingerprint density at radius 3 is 2.39 bits per heavy atom. The van der Waals surface area contributed by atoms with E-state index in [9.17, 15) is 4.79 Å². The number of carbonyl (C=O) groups is 1. The Morgan fingerprint density at radius 2 is 1.82 bits per heavy atom. The molecule has 3 aromatic rings. The SMILES string of the molecule is C=CCn1c(=NC(=O)c2cc(OC)c(OC)c(OC)c2)sc2cc(C)ccc21. The van der Waals surface area contributed by atoms with E-state index >= 15 is 0 Å². The van der Waals surface area contributed by atoms with Crippen molar-refractivity contribution in [1.29, 1.82) is 0 Å². The summed E-state index contributed by atoms with van der Waals surface area (Å²) in [6, 6.07) is 9.36. The van der Waals surface area contributed by atoms with Crippen molar-refractivity contribution < 1.29 is 19.0 Å². The predicted octanol–water partition coefficient (Wildman–Crippen LogP) is 3.96. The number of carbonyl (C=O) groups excluding carboxylic acids is 1. The van der Waals surface area contributed by atoms with E-state index in [-0.39, 0.29) is 5.91 Å². The minimum absolute atomic E-state index is 0.355. The molecule has 0 saturated heterocycles. The fourth-order valence-electron chi connectivity index (χ4n) is 2.93. The van der Waals surface area contributed by atoms with Gasteiger partial charge in [-0.3, -0.25) is 4.79 Å². The highest BCUT2D eigenvalue weighted by Gasteiger charge is 2.17. The third-order valence-corrected chi connectivity index (χ3v) is 5.30. The van der Waals surface area contributed by atoms with Crippen LogP contribution in [-0.4, -0.2) is 31.8 Å². The Balaban J connectivity index is 2.15. The number of allylic oxidation sites excluding steroid dienone is 1. The van der Waals surface area contributed by atoms with Crippen molar-refractivity contribution in [2.24, 2.45) is 4.99 Å². The van der Waals surface area contributed by atoms with Crippen LogP contribution in [0.25, 0.3) is 10.2 Å². The number of aryl methyl sites for hydroxylation is 1. The lowest BCUT2D eigenvalue weighted by Gasteiger charge is -2.12. The van der Waals surface area contributed by atoms with E-state index in [2.05, 4.69) is 17.6 Å².